The minimum Gasteiger partial charge on any atom is -0.462 e. The molecule has 0 aliphatic carbocycles. The van der Waals surface area contributed by atoms with Gasteiger partial charge in [-0.2, -0.15) is 0 Å². The number of esters is 4. The summed E-state index contributed by atoms with van der Waals surface area (Å²) in [6.07, 6.45) is 51.2. The summed E-state index contributed by atoms with van der Waals surface area (Å²) in [4.78, 5) is 72.6. The number of aliphatic hydroxyl groups is 1. The number of phosphoric ester groups is 2. The molecule has 0 saturated heterocycles. The molecule has 19 heteroatoms. The highest BCUT2D eigenvalue weighted by Crippen LogP contribution is 2.45. The van der Waals surface area contributed by atoms with Crippen LogP contribution in [0.2, 0.25) is 0 Å². The van der Waals surface area contributed by atoms with Gasteiger partial charge in [-0.25, -0.2) is 9.13 Å². The van der Waals surface area contributed by atoms with E-state index >= 15 is 0 Å². The van der Waals surface area contributed by atoms with E-state index in [2.05, 4.69) is 41.5 Å². The van der Waals surface area contributed by atoms with Gasteiger partial charge in [0.1, 0.15) is 19.3 Å². The minimum absolute atomic E-state index is 0.107. The predicted molar refractivity (Wildman–Crippen MR) is 372 cm³/mol. The SMILES string of the molecule is CCCCCCCCCCCCCCCC(=O)O[C@H](COC(=O)CCCCCCCCCCC)COP(=O)(O)OC[C@H](O)COP(=O)(O)OC[C@@H](COC(=O)CCCCCCCCCCCCC(C)C)OC(=O)CCCCCCCCCCCCCCCCC(C)C. The zero-order chi connectivity index (χ0) is 67.9. The van der Waals surface area contributed by atoms with Crippen molar-refractivity contribution in [3.8, 4) is 0 Å². The zero-order valence-electron chi connectivity index (χ0n) is 59.9. The fraction of sp³-hybridized carbons (Fsp3) is 0.945. The van der Waals surface area contributed by atoms with Crippen LogP contribution >= 0.6 is 15.6 Å². The first-order valence-electron chi connectivity index (χ1n) is 38.0. The summed E-state index contributed by atoms with van der Waals surface area (Å²) in [5.74, 6) is -0.565. The summed E-state index contributed by atoms with van der Waals surface area (Å²) in [6.45, 7) is 9.58. The van der Waals surface area contributed by atoms with Crippen LogP contribution in [0, 0.1) is 11.8 Å². The first kappa shape index (κ1) is 90.1. The summed E-state index contributed by atoms with van der Waals surface area (Å²) in [7, 11) is -9.90. The van der Waals surface area contributed by atoms with E-state index in [-0.39, 0.29) is 25.7 Å². The Morgan fingerprint density at radius 3 is 0.739 bits per heavy atom. The second-order valence-corrected chi connectivity index (χ2v) is 30.2. The first-order chi connectivity index (χ1) is 44.4. The van der Waals surface area contributed by atoms with Crippen molar-refractivity contribution in [3.63, 3.8) is 0 Å². The molecule has 0 aromatic heterocycles. The third-order valence-corrected chi connectivity index (χ3v) is 18.9. The average Bonchev–Trinajstić information content (AvgIpc) is 2.70. The number of carbonyl (C=O) groups is 4. The van der Waals surface area contributed by atoms with Crippen molar-refractivity contribution in [1.82, 2.24) is 0 Å². The van der Waals surface area contributed by atoms with Gasteiger partial charge in [0.05, 0.1) is 26.4 Å². The molecule has 0 amide bonds. The van der Waals surface area contributed by atoms with Crippen LogP contribution in [-0.4, -0.2) is 96.7 Å². The average molecular weight is 1350 g/mol. The van der Waals surface area contributed by atoms with Crippen LogP contribution in [0.25, 0.3) is 0 Å². The van der Waals surface area contributed by atoms with Gasteiger partial charge in [-0.05, 0) is 37.5 Å². The summed E-state index contributed by atoms with van der Waals surface area (Å²) in [6, 6.07) is 0. The maximum absolute atomic E-state index is 13.1. The molecule has 0 aliphatic rings. The molecule has 0 heterocycles. The van der Waals surface area contributed by atoms with Gasteiger partial charge < -0.3 is 33.8 Å². The predicted octanol–water partition coefficient (Wildman–Crippen LogP) is 21.2. The Hall–Kier alpha value is -1.94. The summed E-state index contributed by atoms with van der Waals surface area (Å²) >= 11 is 0. The van der Waals surface area contributed by atoms with E-state index < -0.39 is 97.5 Å². The number of aliphatic hydroxyl groups excluding tert-OH is 1. The van der Waals surface area contributed by atoms with E-state index in [1.54, 1.807) is 0 Å². The third kappa shape index (κ3) is 66.7. The van der Waals surface area contributed by atoms with Crippen molar-refractivity contribution in [1.29, 1.82) is 0 Å². The molecule has 0 radical (unpaired) electrons. The van der Waals surface area contributed by atoms with Gasteiger partial charge in [0.2, 0.25) is 0 Å². The number of ether oxygens (including phenoxy) is 4. The van der Waals surface area contributed by atoms with Crippen molar-refractivity contribution in [2.45, 2.75) is 394 Å². The summed E-state index contributed by atoms with van der Waals surface area (Å²) in [5.41, 5.74) is 0. The maximum Gasteiger partial charge on any atom is 0.472 e. The van der Waals surface area contributed by atoms with Gasteiger partial charge in [0.15, 0.2) is 12.2 Å². The Morgan fingerprint density at radius 2 is 0.500 bits per heavy atom. The molecule has 0 rings (SSSR count). The van der Waals surface area contributed by atoms with E-state index in [1.165, 1.54) is 193 Å². The highest BCUT2D eigenvalue weighted by atomic mass is 31.2. The molecule has 0 aromatic carbocycles. The number of unbranched alkanes of at least 4 members (excludes halogenated alkanes) is 42. The molecule has 0 saturated carbocycles. The van der Waals surface area contributed by atoms with Crippen molar-refractivity contribution in [2.24, 2.45) is 11.8 Å². The number of hydrogen-bond donors (Lipinski definition) is 3. The lowest BCUT2D eigenvalue weighted by molar-refractivity contribution is -0.161. The number of rotatable bonds is 72. The van der Waals surface area contributed by atoms with Gasteiger partial charge in [0, 0.05) is 25.7 Å². The molecule has 17 nitrogen and oxygen atoms in total. The van der Waals surface area contributed by atoms with E-state index in [0.717, 1.165) is 102 Å². The van der Waals surface area contributed by atoms with Gasteiger partial charge in [-0.1, -0.05) is 324 Å². The quantitative estimate of drug-likeness (QED) is 0.0222. The smallest absolute Gasteiger partial charge is 0.462 e. The molecule has 0 bridgehead atoms. The van der Waals surface area contributed by atoms with Crippen LogP contribution < -0.4 is 0 Å². The van der Waals surface area contributed by atoms with Crippen LogP contribution in [0.4, 0.5) is 0 Å². The molecule has 2 unspecified atom stereocenters. The van der Waals surface area contributed by atoms with E-state index in [9.17, 15) is 43.2 Å². The highest BCUT2D eigenvalue weighted by Gasteiger charge is 2.30. The van der Waals surface area contributed by atoms with Crippen LogP contribution in [0.3, 0.4) is 0 Å². The van der Waals surface area contributed by atoms with E-state index in [0.29, 0.717) is 25.7 Å². The second-order valence-electron chi connectivity index (χ2n) is 27.3. The molecular weight excluding hydrogens is 1210 g/mol. The molecule has 546 valence electrons. The molecule has 0 aliphatic heterocycles. The Bertz CT molecular complexity index is 1790. The van der Waals surface area contributed by atoms with Crippen LogP contribution in [0.5, 0.6) is 0 Å². The second kappa shape index (κ2) is 65.0. The number of carbonyl (C=O) groups excluding carboxylic acids is 4. The van der Waals surface area contributed by atoms with E-state index in [1.807, 2.05) is 0 Å². The van der Waals surface area contributed by atoms with Crippen LogP contribution in [-0.2, 0) is 65.4 Å². The topological polar surface area (TPSA) is 237 Å². The standard InChI is InChI=1S/C73H142O17P2/c1-7-9-11-13-15-17-18-21-25-33-39-45-51-57-72(77)89-68(61-83-70(75)55-49-43-37-29-16-14-12-10-8-2)63-87-91(79,80)85-59-67(74)60-86-92(81,82)88-64-69(62-84-71(76)56-50-44-38-32-28-27-31-36-42-48-54-66(5)6)90-73(78)58-52-46-40-34-26-23-20-19-22-24-30-35-41-47-53-65(3)4/h65-69,74H,7-64H2,1-6H3,(H,79,80)(H,81,82)/t67-,68+,69+/m0/s1. The Morgan fingerprint density at radius 1 is 0.293 bits per heavy atom. The summed E-state index contributed by atoms with van der Waals surface area (Å²) < 4.78 is 68.4. The van der Waals surface area contributed by atoms with Crippen molar-refractivity contribution >= 4 is 39.5 Å². The minimum atomic E-state index is -4.95. The lowest BCUT2D eigenvalue weighted by Gasteiger charge is -2.21. The van der Waals surface area contributed by atoms with Gasteiger partial charge in [-0.15, -0.1) is 0 Å². The number of phosphoric acid groups is 2. The molecule has 0 fully saturated rings. The Labute approximate surface area is 562 Å². The van der Waals surface area contributed by atoms with Gasteiger partial charge in [-0.3, -0.25) is 37.3 Å². The Kier molecular flexibility index (Phi) is 63.7. The van der Waals surface area contributed by atoms with Gasteiger partial charge >= 0.3 is 39.5 Å². The molecule has 0 spiro atoms. The molecule has 0 aromatic rings. The molecule has 5 atom stereocenters. The maximum atomic E-state index is 13.1. The molecule has 3 N–H and O–H groups in total. The fourth-order valence-electron chi connectivity index (χ4n) is 11.1. The van der Waals surface area contributed by atoms with E-state index in [4.69, 9.17) is 37.0 Å². The third-order valence-electron chi connectivity index (χ3n) is 17.0. The Balaban J connectivity index is 5.23. The largest absolute Gasteiger partial charge is 0.472 e. The first-order valence-corrected chi connectivity index (χ1v) is 41.0. The van der Waals surface area contributed by atoms with Crippen molar-refractivity contribution < 1.29 is 80.2 Å². The van der Waals surface area contributed by atoms with Crippen LogP contribution in [0.15, 0.2) is 0 Å². The number of hydrogen-bond acceptors (Lipinski definition) is 15. The monoisotopic (exact) mass is 1350 g/mol. The lowest BCUT2D eigenvalue weighted by atomic mass is 10.0. The van der Waals surface area contributed by atoms with Crippen molar-refractivity contribution in [2.75, 3.05) is 39.6 Å². The van der Waals surface area contributed by atoms with Crippen molar-refractivity contribution in [3.05, 3.63) is 0 Å². The van der Waals surface area contributed by atoms with Crippen LogP contribution in [0.1, 0.15) is 375 Å². The molecular formula is C73H142O17P2. The lowest BCUT2D eigenvalue weighted by Crippen LogP contribution is -2.30. The highest BCUT2D eigenvalue weighted by molar-refractivity contribution is 7.47. The zero-order valence-corrected chi connectivity index (χ0v) is 61.6. The normalized spacial score (nSPS) is 14.1. The molecule has 92 heavy (non-hydrogen) atoms. The van der Waals surface area contributed by atoms with Gasteiger partial charge in [0.25, 0.3) is 0 Å². The fourth-order valence-corrected chi connectivity index (χ4v) is 12.7. The summed E-state index contributed by atoms with van der Waals surface area (Å²) in [5, 5.41) is 10.6.